The van der Waals surface area contributed by atoms with Gasteiger partial charge in [0, 0.05) is 19.2 Å². The molecule has 4 heteroatoms. The van der Waals surface area contributed by atoms with Crippen molar-refractivity contribution < 1.29 is 9.53 Å². The van der Waals surface area contributed by atoms with Crippen LogP contribution >= 0.6 is 0 Å². The Morgan fingerprint density at radius 1 is 1.31 bits per heavy atom. The van der Waals surface area contributed by atoms with E-state index in [1.54, 1.807) is 0 Å². The fourth-order valence-corrected chi connectivity index (χ4v) is 2.44. The second-order valence-electron chi connectivity index (χ2n) is 4.73. The second kappa shape index (κ2) is 6.21. The molecule has 2 aliphatic rings. The van der Waals surface area contributed by atoms with Crippen LogP contribution in [-0.2, 0) is 9.53 Å². The van der Waals surface area contributed by atoms with E-state index >= 15 is 0 Å². The summed E-state index contributed by atoms with van der Waals surface area (Å²) in [7, 11) is 0. The summed E-state index contributed by atoms with van der Waals surface area (Å²) in [6, 6.07) is 0.596. The van der Waals surface area contributed by atoms with Crippen molar-refractivity contribution in [2.24, 2.45) is 0 Å². The van der Waals surface area contributed by atoms with Crippen LogP contribution in [-0.4, -0.2) is 37.7 Å². The van der Waals surface area contributed by atoms with Gasteiger partial charge in [0.2, 0.25) is 5.91 Å². The molecule has 1 amide bonds. The highest BCUT2D eigenvalue weighted by molar-refractivity contribution is 5.80. The molecule has 2 rings (SSSR count). The topological polar surface area (TPSA) is 50.4 Å². The van der Waals surface area contributed by atoms with Crippen molar-refractivity contribution in [3.63, 3.8) is 0 Å². The van der Waals surface area contributed by atoms with E-state index in [1.807, 2.05) is 0 Å². The number of carbonyl (C=O) groups is 1. The van der Waals surface area contributed by atoms with E-state index in [-0.39, 0.29) is 12.0 Å². The van der Waals surface area contributed by atoms with Crippen molar-refractivity contribution in [1.82, 2.24) is 10.6 Å². The third-order valence-electron chi connectivity index (χ3n) is 3.43. The van der Waals surface area contributed by atoms with Crippen LogP contribution in [0.5, 0.6) is 0 Å². The second-order valence-corrected chi connectivity index (χ2v) is 4.73. The molecule has 2 saturated heterocycles. The zero-order valence-corrected chi connectivity index (χ0v) is 9.84. The van der Waals surface area contributed by atoms with Gasteiger partial charge in [0.1, 0.15) is 6.10 Å². The molecule has 0 aromatic rings. The van der Waals surface area contributed by atoms with Crippen molar-refractivity contribution in [3.8, 4) is 0 Å². The van der Waals surface area contributed by atoms with Gasteiger partial charge in [0.25, 0.3) is 0 Å². The number of amides is 1. The summed E-state index contributed by atoms with van der Waals surface area (Å²) in [5.74, 6) is 0.0771. The Morgan fingerprint density at radius 3 is 2.94 bits per heavy atom. The van der Waals surface area contributed by atoms with Gasteiger partial charge < -0.3 is 15.4 Å². The summed E-state index contributed by atoms with van der Waals surface area (Å²) in [6.07, 6.45) is 6.61. The molecule has 2 N–H and O–H groups in total. The molecule has 0 aliphatic carbocycles. The highest BCUT2D eigenvalue weighted by Gasteiger charge is 2.23. The number of hydrogen-bond donors (Lipinski definition) is 2. The highest BCUT2D eigenvalue weighted by atomic mass is 16.5. The summed E-state index contributed by atoms with van der Waals surface area (Å²) in [5, 5.41) is 6.45. The summed E-state index contributed by atoms with van der Waals surface area (Å²) in [4.78, 5) is 11.6. The van der Waals surface area contributed by atoms with Crippen LogP contribution in [0.15, 0.2) is 0 Å². The molecule has 16 heavy (non-hydrogen) atoms. The number of piperidine rings is 1. The van der Waals surface area contributed by atoms with Crippen molar-refractivity contribution in [1.29, 1.82) is 0 Å². The average molecular weight is 226 g/mol. The molecule has 2 heterocycles. The Hall–Kier alpha value is -0.610. The van der Waals surface area contributed by atoms with Crippen molar-refractivity contribution >= 4 is 5.91 Å². The van der Waals surface area contributed by atoms with Gasteiger partial charge in [-0.3, -0.25) is 4.79 Å². The minimum absolute atomic E-state index is 0.0771. The molecule has 0 aromatic heterocycles. The first-order chi connectivity index (χ1) is 7.86. The number of nitrogens with one attached hydrogen (secondary N) is 2. The molecule has 2 unspecified atom stereocenters. The van der Waals surface area contributed by atoms with Crippen molar-refractivity contribution in [2.75, 3.05) is 19.7 Å². The largest absolute Gasteiger partial charge is 0.368 e. The minimum Gasteiger partial charge on any atom is -0.368 e. The van der Waals surface area contributed by atoms with E-state index in [2.05, 4.69) is 10.6 Å². The van der Waals surface area contributed by atoms with Gasteiger partial charge in [-0.05, 0) is 38.6 Å². The van der Waals surface area contributed by atoms with Crippen LogP contribution in [0, 0.1) is 0 Å². The van der Waals surface area contributed by atoms with Crippen LogP contribution in [0.4, 0.5) is 0 Å². The van der Waals surface area contributed by atoms with Gasteiger partial charge >= 0.3 is 0 Å². The lowest BCUT2D eigenvalue weighted by atomic mass is 10.0. The maximum absolute atomic E-state index is 11.6. The third kappa shape index (κ3) is 3.46. The summed E-state index contributed by atoms with van der Waals surface area (Å²) < 4.78 is 5.33. The van der Waals surface area contributed by atoms with Crippen molar-refractivity contribution in [3.05, 3.63) is 0 Å². The van der Waals surface area contributed by atoms with E-state index in [1.165, 1.54) is 19.3 Å². The van der Waals surface area contributed by atoms with E-state index in [0.717, 1.165) is 39.0 Å². The molecule has 2 atom stereocenters. The summed E-state index contributed by atoms with van der Waals surface area (Å²) >= 11 is 0. The number of carbonyl (C=O) groups excluding carboxylic acids is 1. The van der Waals surface area contributed by atoms with Crippen LogP contribution in [0.1, 0.15) is 38.5 Å². The van der Waals surface area contributed by atoms with Gasteiger partial charge in [-0.1, -0.05) is 6.42 Å². The van der Waals surface area contributed by atoms with Gasteiger partial charge in [-0.15, -0.1) is 0 Å². The van der Waals surface area contributed by atoms with Gasteiger partial charge in [-0.2, -0.15) is 0 Å². The first-order valence-corrected chi connectivity index (χ1v) is 6.49. The first-order valence-electron chi connectivity index (χ1n) is 6.49. The summed E-state index contributed by atoms with van der Waals surface area (Å²) in [5.41, 5.74) is 0. The zero-order valence-electron chi connectivity index (χ0n) is 9.84. The van der Waals surface area contributed by atoms with Crippen molar-refractivity contribution in [2.45, 2.75) is 50.7 Å². The van der Waals surface area contributed by atoms with Gasteiger partial charge in [0.15, 0.2) is 0 Å². The molecule has 92 valence electrons. The summed E-state index contributed by atoms with van der Waals surface area (Å²) in [6.45, 7) is 2.64. The molecule has 0 aromatic carbocycles. The lowest BCUT2D eigenvalue weighted by Crippen LogP contribution is -2.39. The van der Waals surface area contributed by atoms with Crippen LogP contribution < -0.4 is 10.6 Å². The van der Waals surface area contributed by atoms with E-state index in [4.69, 9.17) is 4.74 Å². The van der Waals surface area contributed by atoms with Gasteiger partial charge in [0.05, 0.1) is 0 Å². The van der Waals surface area contributed by atoms with E-state index in [9.17, 15) is 4.79 Å². The standard InChI is InChI=1S/C12H22N2O2/c15-12(11-5-3-9-16-11)14-8-6-10-4-1-2-7-13-10/h10-11,13H,1-9H2,(H,14,15). The number of hydrogen-bond acceptors (Lipinski definition) is 3. The lowest BCUT2D eigenvalue weighted by molar-refractivity contribution is -0.130. The van der Waals surface area contributed by atoms with Crippen LogP contribution in [0.25, 0.3) is 0 Å². The monoisotopic (exact) mass is 226 g/mol. The molecule has 0 spiro atoms. The molecule has 2 aliphatic heterocycles. The predicted octanol–water partition coefficient (Wildman–Crippen LogP) is 0.814. The molecule has 0 radical (unpaired) electrons. The Balaban J connectivity index is 1.57. The fraction of sp³-hybridized carbons (Fsp3) is 0.917. The minimum atomic E-state index is -0.181. The zero-order chi connectivity index (χ0) is 11.2. The molecular weight excluding hydrogens is 204 g/mol. The van der Waals surface area contributed by atoms with Crippen LogP contribution in [0.2, 0.25) is 0 Å². The van der Waals surface area contributed by atoms with Crippen LogP contribution in [0.3, 0.4) is 0 Å². The molecular formula is C12H22N2O2. The highest BCUT2D eigenvalue weighted by Crippen LogP contribution is 2.12. The molecule has 0 bridgehead atoms. The smallest absolute Gasteiger partial charge is 0.249 e. The Bertz CT molecular complexity index is 221. The fourth-order valence-electron chi connectivity index (χ4n) is 2.44. The number of ether oxygens (including phenoxy) is 1. The first kappa shape index (κ1) is 11.9. The quantitative estimate of drug-likeness (QED) is 0.746. The Labute approximate surface area is 97.1 Å². The van der Waals surface area contributed by atoms with Gasteiger partial charge in [-0.25, -0.2) is 0 Å². The maximum Gasteiger partial charge on any atom is 0.249 e. The Morgan fingerprint density at radius 2 is 2.25 bits per heavy atom. The predicted molar refractivity (Wildman–Crippen MR) is 62.2 cm³/mol. The number of rotatable bonds is 4. The SMILES string of the molecule is O=C(NCCC1CCCCN1)C1CCCO1. The Kier molecular flexibility index (Phi) is 4.60. The normalized spacial score (nSPS) is 30.2. The molecule has 4 nitrogen and oxygen atoms in total. The lowest BCUT2D eigenvalue weighted by Gasteiger charge is -2.23. The average Bonchev–Trinajstić information content (AvgIpc) is 2.84. The van der Waals surface area contributed by atoms with E-state index < -0.39 is 0 Å². The molecule has 0 saturated carbocycles. The third-order valence-corrected chi connectivity index (χ3v) is 3.43. The molecule has 2 fully saturated rings. The van der Waals surface area contributed by atoms with E-state index in [0.29, 0.717) is 6.04 Å². The maximum atomic E-state index is 11.6.